The normalized spacial score (nSPS) is 28.0. The minimum atomic E-state index is -0.0499. The van der Waals surface area contributed by atoms with Gasteiger partial charge in [-0.3, -0.25) is 4.79 Å². The molecule has 32 heavy (non-hydrogen) atoms. The van der Waals surface area contributed by atoms with Crippen LogP contribution in [0.2, 0.25) is 0 Å². The van der Waals surface area contributed by atoms with E-state index in [2.05, 4.69) is 56.1 Å². The molecule has 0 bridgehead atoms. The first kappa shape index (κ1) is 19.0. The van der Waals surface area contributed by atoms with Crippen molar-refractivity contribution in [3.05, 3.63) is 69.3 Å². The molecule has 2 aromatic rings. The molecule has 3 fully saturated rings. The van der Waals surface area contributed by atoms with Crippen molar-refractivity contribution in [1.82, 2.24) is 9.80 Å². The van der Waals surface area contributed by atoms with E-state index in [0.717, 1.165) is 34.5 Å². The highest BCUT2D eigenvalue weighted by Crippen LogP contribution is 2.57. The van der Waals surface area contributed by atoms with Gasteiger partial charge in [-0.15, -0.1) is 0 Å². The van der Waals surface area contributed by atoms with Gasteiger partial charge in [-0.2, -0.15) is 0 Å². The Kier molecular flexibility index (Phi) is 4.17. The highest BCUT2D eigenvalue weighted by Gasteiger charge is 2.59. The molecule has 2 aromatic carbocycles. The molecule has 3 unspecified atom stereocenters. The van der Waals surface area contributed by atoms with Crippen LogP contribution in [0, 0.1) is 11.8 Å². The maximum absolute atomic E-state index is 14.0. The van der Waals surface area contributed by atoms with Crippen LogP contribution >= 0.6 is 15.9 Å². The molecule has 4 heterocycles. The number of hydrogen-bond acceptors (Lipinski definition) is 4. The summed E-state index contributed by atoms with van der Waals surface area (Å²) in [4.78, 5) is 18.8. The predicted octanol–water partition coefficient (Wildman–Crippen LogP) is 5.02. The minimum Gasteiger partial charge on any atom is -0.454 e. The molecule has 7 rings (SSSR count). The maximum atomic E-state index is 14.0. The van der Waals surface area contributed by atoms with Crippen LogP contribution in [0.5, 0.6) is 11.5 Å². The lowest BCUT2D eigenvalue weighted by Crippen LogP contribution is -2.38. The average Bonchev–Trinajstić information content (AvgIpc) is 3.11. The van der Waals surface area contributed by atoms with E-state index in [1.165, 1.54) is 36.1 Å². The first-order valence-corrected chi connectivity index (χ1v) is 12.4. The lowest BCUT2D eigenvalue weighted by molar-refractivity contribution is -0.134. The largest absolute Gasteiger partial charge is 0.454 e. The van der Waals surface area contributed by atoms with E-state index in [0.29, 0.717) is 18.4 Å². The molecule has 4 aliphatic heterocycles. The Balaban J connectivity index is 1.28. The molecule has 1 aliphatic carbocycles. The summed E-state index contributed by atoms with van der Waals surface area (Å²) in [7, 11) is 0. The number of amides is 1. The SMILES string of the molecule is O=C1C2C(=C3CCCN3C2c2ccc(Br)cc2)C(C2CC2)N1Cc1ccc2c(c1)OCO2. The van der Waals surface area contributed by atoms with Gasteiger partial charge in [0.25, 0.3) is 0 Å². The fourth-order valence-corrected chi connectivity index (χ4v) is 6.58. The van der Waals surface area contributed by atoms with Crippen LogP contribution in [0.25, 0.3) is 0 Å². The number of halogens is 1. The molecular formula is C26H25BrN2O3. The first-order chi connectivity index (χ1) is 15.7. The molecule has 1 saturated carbocycles. The van der Waals surface area contributed by atoms with E-state index >= 15 is 0 Å². The van der Waals surface area contributed by atoms with E-state index in [9.17, 15) is 4.79 Å². The monoisotopic (exact) mass is 492 g/mol. The Morgan fingerprint density at radius 3 is 2.62 bits per heavy atom. The van der Waals surface area contributed by atoms with Crippen molar-refractivity contribution < 1.29 is 14.3 Å². The van der Waals surface area contributed by atoms with Crippen molar-refractivity contribution in [2.45, 2.75) is 44.3 Å². The van der Waals surface area contributed by atoms with Crippen molar-refractivity contribution in [1.29, 1.82) is 0 Å². The van der Waals surface area contributed by atoms with E-state index in [-0.39, 0.29) is 24.8 Å². The predicted molar refractivity (Wildman–Crippen MR) is 123 cm³/mol. The van der Waals surface area contributed by atoms with Crippen LogP contribution in [-0.4, -0.2) is 35.1 Å². The van der Waals surface area contributed by atoms with Crippen molar-refractivity contribution in [2.24, 2.45) is 11.8 Å². The Bertz CT molecular complexity index is 1140. The molecule has 5 aliphatic rings. The number of hydrogen-bond donors (Lipinski definition) is 0. The summed E-state index contributed by atoms with van der Waals surface area (Å²) in [6.07, 6.45) is 4.74. The molecule has 0 N–H and O–H groups in total. The lowest BCUT2D eigenvalue weighted by atomic mass is 9.87. The number of fused-ring (bicyclic) bond motifs is 3. The zero-order chi connectivity index (χ0) is 21.4. The quantitative estimate of drug-likeness (QED) is 0.600. The zero-order valence-electron chi connectivity index (χ0n) is 17.8. The van der Waals surface area contributed by atoms with Crippen LogP contribution < -0.4 is 9.47 Å². The Morgan fingerprint density at radius 1 is 1.00 bits per heavy atom. The van der Waals surface area contributed by atoms with Crippen molar-refractivity contribution in [3.8, 4) is 11.5 Å². The minimum absolute atomic E-state index is 0.0499. The van der Waals surface area contributed by atoms with E-state index in [1.807, 2.05) is 12.1 Å². The van der Waals surface area contributed by atoms with Crippen molar-refractivity contribution in [2.75, 3.05) is 13.3 Å². The number of carbonyl (C=O) groups excluding carboxylic acids is 1. The number of likely N-dealkylation sites (tertiary alicyclic amines) is 1. The van der Waals surface area contributed by atoms with Gasteiger partial charge in [0.05, 0.1) is 18.0 Å². The standard InChI is InChI=1S/C26H25BrN2O3/c27-18-8-6-17(7-9-18)25-23-22(19-2-1-11-28(19)25)24(16-4-5-16)29(26(23)30)13-15-3-10-20-21(12-15)32-14-31-20/h3,6-10,12,16,23-25H,1-2,4-5,11,13-14H2. The number of benzene rings is 2. The van der Waals surface area contributed by atoms with Crippen LogP contribution in [0.4, 0.5) is 0 Å². The molecule has 2 saturated heterocycles. The Morgan fingerprint density at radius 2 is 1.81 bits per heavy atom. The van der Waals surface area contributed by atoms with Gasteiger partial charge in [-0.25, -0.2) is 0 Å². The third kappa shape index (κ3) is 2.78. The summed E-state index contributed by atoms with van der Waals surface area (Å²) in [6.45, 7) is 1.97. The summed E-state index contributed by atoms with van der Waals surface area (Å²) < 4.78 is 12.1. The van der Waals surface area contributed by atoms with Crippen molar-refractivity contribution >= 4 is 21.8 Å². The van der Waals surface area contributed by atoms with Crippen LogP contribution in [0.3, 0.4) is 0 Å². The zero-order valence-corrected chi connectivity index (χ0v) is 19.4. The summed E-state index contributed by atoms with van der Waals surface area (Å²) in [6, 6.07) is 15.0. The fraction of sp³-hybridized carbons (Fsp3) is 0.423. The third-order valence-corrected chi connectivity index (χ3v) is 8.28. The van der Waals surface area contributed by atoms with Gasteiger partial charge in [0.15, 0.2) is 11.5 Å². The van der Waals surface area contributed by atoms with Gasteiger partial charge < -0.3 is 19.3 Å². The van der Waals surface area contributed by atoms with Gasteiger partial charge in [0.1, 0.15) is 0 Å². The fourth-order valence-electron chi connectivity index (χ4n) is 6.31. The van der Waals surface area contributed by atoms with E-state index in [4.69, 9.17) is 9.47 Å². The summed E-state index contributed by atoms with van der Waals surface area (Å²) in [5.74, 6) is 2.43. The average molecular weight is 493 g/mol. The van der Waals surface area contributed by atoms with Gasteiger partial charge in [0, 0.05) is 23.3 Å². The molecular weight excluding hydrogens is 468 g/mol. The molecule has 3 atom stereocenters. The molecule has 0 spiro atoms. The second-order valence-corrected chi connectivity index (χ2v) is 10.5. The number of allylic oxidation sites excluding steroid dienone is 1. The topological polar surface area (TPSA) is 42.0 Å². The number of nitrogens with zero attached hydrogens (tertiary/aromatic N) is 2. The van der Waals surface area contributed by atoms with Crippen LogP contribution in [0.15, 0.2) is 58.2 Å². The molecule has 0 aromatic heterocycles. The van der Waals surface area contributed by atoms with Crippen LogP contribution in [0.1, 0.15) is 42.9 Å². The van der Waals surface area contributed by atoms with Gasteiger partial charge in [-0.1, -0.05) is 34.1 Å². The second kappa shape index (κ2) is 7.01. The number of ether oxygens (including phenoxy) is 2. The summed E-state index contributed by atoms with van der Waals surface area (Å²) in [5.41, 5.74) is 5.26. The Hall–Kier alpha value is -2.47. The molecule has 164 valence electrons. The highest BCUT2D eigenvalue weighted by atomic mass is 79.9. The molecule has 0 radical (unpaired) electrons. The lowest BCUT2D eigenvalue weighted by Gasteiger charge is -2.31. The smallest absolute Gasteiger partial charge is 0.233 e. The van der Waals surface area contributed by atoms with Gasteiger partial charge in [-0.05, 0) is 72.6 Å². The molecule has 6 heteroatoms. The van der Waals surface area contributed by atoms with Gasteiger partial charge in [0.2, 0.25) is 12.7 Å². The van der Waals surface area contributed by atoms with Crippen molar-refractivity contribution in [3.63, 3.8) is 0 Å². The van der Waals surface area contributed by atoms with Gasteiger partial charge >= 0.3 is 0 Å². The first-order valence-electron chi connectivity index (χ1n) is 11.6. The van der Waals surface area contributed by atoms with E-state index in [1.54, 1.807) is 0 Å². The third-order valence-electron chi connectivity index (χ3n) is 7.75. The number of rotatable bonds is 4. The second-order valence-electron chi connectivity index (χ2n) is 9.61. The summed E-state index contributed by atoms with van der Waals surface area (Å²) >= 11 is 3.57. The number of carbonyl (C=O) groups is 1. The molecule has 5 nitrogen and oxygen atoms in total. The Labute approximate surface area is 196 Å². The highest BCUT2D eigenvalue weighted by molar-refractivity contribution is 9.10. The molecule has 1 amide bonds. The summed E-state index contributed by atoms with van der Waals surface area (Å²) in [5, 5.41) is 0. The van der Waals surface area contributed by atoms with E-state index < -0.39 is 0 Å². The maximum Gasteiger partial charge on any atom is 0.233 e. The van der Waals surface area contributed by atoms with Crippen LogP contribution in [-0.2, 0) is 11.3 Å².